The van der Waals surface area contributed by atoms with Gasteiger partial charge in [0.1, 0.15) is 6.61 Å². The van der Waals surface area contributed by atoms with Crippen LogP contribution in [0.25, 0.3) is 22.3 Å². The number of carbonyl (C=O) groups is 1. The van der Waals surface area contributed by atoms with Crippen molar-refractivity contribution in [3.63, 3.8) is 0 Å². The lowest BCUT2D eigenvalue weighted by atomic mass is 10.1. The maximum Gasteiger partial charge on any atom is 0.247 e. The van der Waals surface area contributed by atoms with Crippen molar-refractivity contribution in [3.8, 4) is 22.9 Å². The molecule has 11 nitrogen and oxygen atoms in total. The van der Waals surface area contributed by atoms with Crippen LogP contribution in [0.1, 0.15) is 51.0 Å². The zero-order valence-corrected chi connectivity index (χ0v) is 21.9. The third-order valence-corrected chi connectivity index (χ3v) is 7.07. The van der Waals surface area contributed by atoms with Crippen molar-refractivity contribution in [1.29, 1.82) is 0 Å². The van der Waals surface area contributed by atoms with E-state index in [0.717, 1.165) is 67.3 Å². The smallest absolute Gasteiger partial charge is 0.247 e. The van der Waals surface area contributed by atoms with Gasteiger partial charge in [0.2, 0.25) is 5.95 Å². The first-order chi connectivity index (χ1) is 19.2. The summed E-state index contributed by atoms with van der Waals surface area (Å²) in [5.41, 5.74) is 2.69. The molecule has 0 bridgehead atoms. The van der Waals surface area contributed by atoms with Crippen molar-refractivity contribution in [2.24, 2.45) is 0 Å². The maximum atomic E-state index is 10.8. The molecule has 0 amide bonds. The monoisotopic (exact) mass is 532 g/mol. The fourth-order valence-corrected chi connectivity index (χ4v) is 5.15. The standard InChI is InChI=1S/C28H32N6O5/c1-36-24-17-19(8-11-23(24)37-15-12-35)27-31-28(32-34(27)26-7-3-5-14-39-26)30-21-9-10-22-20(16-21)18-29-33(22)25-6-2-4-13-38-25/h8-12,16-18,25-26H,2-7,13-15H2,1H3,(H,30,32). The molecule has 4 heterocycles. The third kappa shape index (κ3) is 5.32. The van der Waals surface area contributed by atoms with Gasteiger partial charge in [-0.15, -0.1) is 5.10 Å². The van der Waals surface area contributed by atoms with Gasteiger partial charge in [-0.25, -0.2) is 9.36 Å². The molecule has 0 radical (unpaired) electrons. The predicted octanol–water partition coefficient (Wildman–Crippen LogP) is 5.02. The number of ether oxygens (including phenoxy) is 4. The molecule has 39 heavy (non-hydrogen) atoms. The second-order valence-electron chi connectivity index (χ2n) is 9.68. The molecule has 204 valence electrons. The fourth-order valence-electron chi connectivity index (χ4n) is 5.15. The summed E-state index contributed by atoms with van der Waals surface area (Å²) in [6.45, 7) is 1.40. The Morgan fingerprint density at radius 3 is 2.51 bits per heavy atom. The third-order valence-electron chi connectivity index (χ3n) is 7.07. The van der Waals surface area contributed by atoms with E-state index in [0.29, 0.717) is 36.2 Å². The molecule has 4 aromatic rings. The summed E-state index contributed by atoms with van der Waals surface area (Å²) in [5, 5.41) is 13.8. The molecular weight excluding hydrogens is 500 g/mol. The van der Waals surface area contributed by atoms with Crippen LogP contribution >= 0.6 is 0 Å². The largest absolute Gasteiger partial charge is 0.493 e. The number of hydrogen-bond acceptors (Lipinski definition) is 9. The summed E-state index contributed by atoms with van der Waals surface area (Å²) in [4.78, 5) is 15.6. The number of rotatable bonds is 9. The highest BCUT2D eigenvalue weighted by atomic mass is 16.5. The first kappa shape index (κ1) is 25.3. The first-order valence-corrected chi connectivity index (χ1v) is 13.4. The topological polar surface area (TPSA) is 115 Å². The number of nitrogens with one attached hydrogen (secondary N) is 1. The Morgan fingerprint density at radius 1 is 1.00 bits per heavy atom. The van der Waals surface area contributed by atoms with Crippen LogP contribution in [0.4, 0.5) is 11.6 Å². The van der Waals surface area contributed by atoms with Crippen LogP contribution in [-0.2, 0) is 14.3 Å². The Bertz CT molecular complexity index is 1440. The minimum atomic E-state index is -0.218. The van der Waals surface area contributed by atoms with Crippen molar-refractivity contribution in [2.75, 3.05) is 32.2 Å². The highest BCUT2D eigenvalue weighted by molar-refractivity contribution is 5.83. The molecule has 2 saturated heterocycles. The minimum absolute atomic E-state index is 0.0160. The van der Waals surface area contributed by atoms with E-state index >= 15 is 0 Å². The number of nitrogens with zero attached hydrogens (tertiary/aromatic N) is 5. The SMILES string of the molecule is COc1cc(-c2nc(Nc3ccc4c(cnn4C4CCCCO4)c3)nn2C2CCCCO2)ccc1OCC=O. The molecule has 2 unspecified atom stereocenters. The predicted molar refractivity (Wildman–Crippen MR) is 144 cm³/mol. The number of methoxy groups -OCH3 is 1. The molecule has 6 rings (SSSR count). The maximum absolute atomic E-state index is 10.8. The molecule has 0 aliphatic carbocycles. The number of hydrogen-bond donors (Lipinski definition) is 1. The first-order valence-electron chi connectivity index (χ1n) is 13.4. The Balaban J connectivity index is 1.30. The van der Waals surface area contributed by atoms with Crippen LogP contribution in [0.3, 0.4) is 0 Å². The number of fused-ring (bicyclic) bond motifs is 1. The van der Waals surface area contributed by atoms with Crippen molar-refractivity contribution >= 4 is 28.8 Å². The summed E-state index contributed by atoms with van der Waals surface area (Å²) in [5.74, 6) is 2.10. The van der Waals surface area contributed by atoms with Crippen LogP contribution < -0.4 is 14.8 Å². The van der Waals surface area contributed by atoms with E-state index in [4.69, 9.17) is 29.0 Å². The number of aromatic nitrogens is 5. The molecule has 0 spiro atoms. The lowest BCUT2D eigenvalue weighted by molar-refractivity contribution is -0.109. The lowest BCUT2D eigenvalue weighted by Crippen LogP contribution is -2.20. The van der Waals surface area contributed by atoms with Gasteiger partial charge in [-0.1, -0.05) is 0 Å². The highest BCUT2D eigenvalue weighted by Crippen LogP contribution is 2.35. The summed E-state index contributed by atoms with van der Waals surface area (Å²) in [7, 11) is 1.56. The normalized spacial score (nSPS) is 19.6. The van der Waals surface area contributed by atoms with Crippen LogP contribution in [0.2, 0.25) is 0 Å². The van der Waals surface area contributed by atoms with Crippen LogP contribution in [0.15, 0.2) is 42.6 Å². The van der Waals surface area contributed by atoms with Gasteiger partial charge < -0.3 is 24.3 Å². The van der Waals surface area contributed by atoms with Crippen molar-refractivity contribution in [3.05, 3.63) is 42.6 Å². The summed E-state index contributed by atoms with van der Waals surface area (Å²) < 4.78 is 26.8. The summed E-state index contributed by atoms with van der Waals surface area (Å²) >= 11 is 0. The van der Waals surface area contributed by atoms with Gasteiger partial charge in [0.15, 0.2) is 36.1 Å². The number of aldehydes is 1. The molecular formula is C28H32N6O5. The molecule has 2 atom stereocenters. The van der Waals surface area contributed by atoms with Crippen molar-refractivity contribution < 1.29 is 23.7 Å². The second-order valence-corrected chi connectivity index (χ2v) is 9.68. The van der Waals surface area contributed by atoms with E-state index in [9.17, 15) is 4.79 Å². The van der Waals surface area contributed by atoms with Crippen LogP contribution in [0.5, 0.6) is 11.5 Å². The Kier molecular flexibility index (Phi) is 7.42. The average Bonchev–Trinajstić information content (AvgIpc) is 3.61. The quantitative estimate of drug-likeness (QED) is 0.297. The van der Waals surface area contributed by atoms with E-state index in [1.165, 1.54) is 0 Å². The zero-order chi connectivity index (χ0) is 26.6. The van der Waals surface area contributed by atoms with E-state index in [2.05, 4.69) is 10.4 Å². The fraction of sp³-hybridized carbons (Fsp3) is 0.429. The second kappa shape index (κ2) is 11.4. The molecule has 2 aromatic heterocycles. The van der Waals surface area contributed by atoms with Crippen molar-refractivity contribution in [2.45, 2.75) is 51.0 Å². The van der Waals surface area contributed by atoms with Crippen molar-refractivity contribution in [1.82, 2.24) is 24.5 Å². The average molecular weight is 533 g/mol. The minimum Gasteiger partial charge on any atom is -0.493 e. The van der Waals surface area contributed by atoms with Crippen LogP contribution in [-0.4, -0.2) is 57.8 Å². The van der Waals surface area contributed by atoms with Gasteiger partial charge in [-0.2, -0.15) is 10.1 Å². The van der Waals surface area contributed by atoms with E-state index in [-0.39, 0.29) is 19.1 Å². The van der Waals surface area contributed by atoms with Gasteiger partial charge in [0, 0.05) is 29.9 Å². The number of anilines is 2. The van der Waals surface area contributed by atoms with Gasteiger partial charge in [0.25, 0.3) is 0 Å². The number of carbonyl (C=O) groups excluding carboxylic acids is 1. The Morgan fingerprint density at radius 2 is 1.79 bits per heavy atom. The lowest BCUT2D eigenvalue weighted by Gasteiger charge is -2.23. The summed E-state index contributed by atoms with van der Waals surface area (Å²) in [6.07, 6.45) is 8.49. The van der Waals surface area contributed by atoms with Gasteiger partial charge in [0.05, 0.1) is 18.8 Å². The molecule has 2 aromatic carbocycles. The van der Waals surface area contributed by atoms with Gasteiger partial charge in [-0.3, -0.25) is 4.79 Å². The molecule has 11 heteroatoms. The number of benzene rings is 2. The van der Waals surface area contributed by atoms with E-state index in [1.54, 1.807) is 13.2 Å². The molecule has 2 aliphatic rings. The van der Waals surface area contributed by atoms with Crippen LogP contribution in [0, 0.1) is 0 Å². The molecule has 0 saturated carbocycles. The Hall–Kier alpha value is -3.96. The van der Waals surface area contributed by atoms with E-state index < -0.39 is 0 Å². The summed E-state index contributed by atoms with van der Waals surface area (Å²) in [6, 6.07) is 11.6. The van der Waals surface area contributed by atoms with Gasteiger partial charge in [-0.05, 0) is 74.9 Å². The Labute approximate surface area is 226 Å². The zero-order valence-electron chi connectivity index (χ0n) is 21.9. The highest BCUT2D eigenvalue weighted by Gasteiger charge is 2.24. The van der Waals surface area contributed by atoms with Gasteiger partial charge >= 0.3 is 0 Å². The van der Waals surface area contributed by atoms with E-state index in [1.807, 2.05) is 45.9 Å². The molecule has 2 aliphatic heterocycles. The molecule has 1 N–H and O–H groups in total. The molecule has 2 fully saturated rings.